The first kappa shape index (κ1) is 22.4. The molecule has 0 saturated carbocycles. The molecule has 0 aliphatic rings. The van der Waals surface area contributed by atoms with E-state index in [1.54, 1.807) is 52.9 Å². The van der Waals surface area contributed by atoms with Crippen LogP contribution in [0.3, 0.4) is 0 Å². The van der Waals surface area contributed by atoms with Crippen molar-refractivity contribution in [2.45, 2.75) is 16.9 Å². The molecule has 0 atom stereocenters. The van der Waals surface area contributed by atoms with E-state index >= 15 is 0 Å². The van der Waals surface area contributed by atoms with Crippen LogP contribution in [-0.4, -0.2) is 32.4 Å². The summed E-state index contributed by atoms with van der Waals surface area (Å²) >= 11 is -0.179. The summed E-state index contributed by atoms with van der Waals surface area (Å²) in [6, 6.07) is 20.5. The molecule has 0 spiro atoms. The predicted octanol–water partition coefficient (Wildman–Crippen LogP) is 5.31. The van der Waals surface area contributed by atoms with Gasteiger partial charge in [-0.05, 0) is 0 Å². The Morgan fingerprint density at radius 1 is 0.903 bits per heavy atom. The molecule has 3 nitrogen and oxygen atoms in total. The Labute approximate surface area is 197 Å². The van der Waals surface area contributed by atoms with Crippen molar-refractivity contribution in [1.82, 2.24) is 3.97 Å². The Morgan fingerprint density at radius 2 is 1.55 bits per heavy atom. The maximum atomic E-state index is 13.4. The van der Waals surface area contributed by atoms with Gasteiger partial charge in [-0.25, -0.2) is 0 Å². The van der Waals surface area contributed by atoms with Crippen LogP contribution in [0.25, 0.3) is 22.0 Å². The number of aromatic nitrogens is 1. The molecule has 0 radical (unpaired) electrons. The Hall–Kier alpha value is -1.81. The maximum absolute atomic E-state index is 13.4. The number of rotatable bonds is 4. The van der Waals surface area contributed by atoms with Crippen LogP contribution >= 0.6 is 22.6 Å². The van der Waals surface area contributed by atoms with Crippen molar-refractivity contribution in [3.63, 3.8) is 0 Å². The average molecular weight is 620 g/mol. The molecule has 1 heterocycles. The normalized spacial score (nSPS) is 12.4. The summed E-state index contributed by atoms with van der Waals surface area (Å²) < 4.78 is 68.1. The van der Waals surface area contributed by atoms with Crippen LogP contribution in [0.4, 0.5) is 13.2 Å². The van der Waals surface area contributed by atoms with Gasteiger partial charge >= 0.3 is 199 Å². The summed E-state index contributed by atoms with van der Waals surface area (Å²) in [5.41, 5.74) is 2.71. The molecule has 31 heavy (non-hydrogen) atoms. The molecular weight excluding hydrogens is 605 g/mol. The van der Waals surface area contributed by atoms with Crippen LogP contribution in [0, 0.1) is 10.6 Å². The van der Waals surface area contributed by atoms with E-state index in [2.05, 4.69) is 0 Å². The number of halogens is 4. The van der Waals surface area contributed by atoms with Gasteiger partial charge in [-0.15, -0.1) is 0 Å². The van der Waals surface area contributed by atoms with E-state index in [4.69, 9.17) is 0 Å². The minimum absolute atomic E-state index is 0.0177. The van der Waals surface area contributed by atoms with Crippen molar-refractivity contribution in [2.75, 3.05) is 0 Å². The van der Waals surface area contributed by atoms with Gasteiger partial charge in [-0.2, -0.15) is 0 Å². The fourth-order valence-electron chi connectivity index (χ4n) is 3.28. The number of alkyl halides is 3. The van der Waals surface area contributed by atoms with Crippen molar-refractivity contribution in [3.05, 3.63) is 82.1 Å². The van der Waals surface area contributed by atoms with E-state index in [1.165, 1.54) is 12.1 Å². The molecule has 3 aromatic carbocycles. The van der Waals surface area contributed by atoms with Crippen molar-refractivity contribution in [2.24, 2.45) is 0 Å². The fourth-order valence-corrected chi connectivity index (χ4v) is 8.15. The van der Waals surface area contributed by atoms with Gasteiger partial charge in [0.05, 0.1) is 0 Å². The first-order valence-corrected chi connectivity index (χ1v) is 13.3. The summed E-state index contributed by atoms with van der Waals surface area (Å²) in [7, 11) is -4.07. The second-order valence-electron chi connectivity index (χ2n) is 6.85. The number of aryl methyl sites for hydroxylation is 1. The van der Waals surface area contributed by atoms with Gasteiger partial charge in [-0.1, -0.05) is 0 Å². The Kier molecular flexibility index (Phi) is 5.97. The molecule has 0 bridgehead atoms. The monoisotopic (exact) mass is 621 g/mol. The molecule has 0 amide bonds. The summed E-state index contributed by atoms with van der Waals surface area (Å²) in [5.74, 6) is 0. The van der Waals surface area contributed by atoms with Crippen molar-refractivity contribution in [3.8, 4) is 11.1 Å². The molecule has 4 aromatic rings. The van der Waals surface area contributed by atoms with E-state index in [-0.39, 0.29) is 18.6 Å². The molecule has 9 heteroatoms. The SMILES string of the molecule is Cc1ccc(S(=O)(=O)n2c(I)c([Se]C(F)(F)F)c3cc(-c4ccccc4)ccc32)cc1. The Morgan fingerprint density at radius 3 is 2.16 bits per heavy atom. The topological polar surface area (TPSA) is 39.1 Å². The van der Waals surface area contributed by atoms with Gasteiger partial charge < -0.3 is 0 Å². The average Bonchev–Trinajstić information content (AvgIpc) is 2.99. The van der Waals surface area contributed by atoms with Gasteiger partial charge in [-0.3, -0.25) is 0 Å². The first-order valence-electron chi connectivity index (χ1n) is 9.05. The molecule has 1 aromatic heterocycles. The molecule has 4 rings (SSSR count). The van der Waals surface area contributed by atoms with Gasteiger partial charge in [0.1, 0.15) is 0 Å². The Balaban J connectivity index is 2.00. The zero-order valence-electron chi connectivity index (χ0n) is 16.0. The summed E-state index contributed by atoms with van der Waals surface area (Å²) in [6.07, 6.45) is 0. The second-order valence-corrected chi connectivity index (χ2v) is 11.9. The second kappa shape index (κ2) is 8.27. The van der Waals surface area contributed by atoms with Crippen molar-refractivity contribution >= 4 is 62.9 Å². The number of fused-ring (bicyclic) bond motifs is 1. The molecular formula is C22H15F3INO2SSe. The van der Waals surface area contributed by atoms with E-state index in [0.29, 0.717) is 5.39 Å². The van der Waals surface area contributed by atoms with Crippen molar-refractivity contribution in [1.29, 1.82) is 0 Å². The fraction of sp³-hybridized carbons (Fsp3) is 0.0909. The third-order valence-corrected chi connectivity index (χ3v) is 10.4. The summed E-state index contributed by atoms with van der Waals surface area (Å²) in [6.45, 7) is 1.83. The molecule has 0 N–H and O–H groups in total. The van der Waals surface area contributed by atoms with Crippen LogP contribution in [0.2, 0.25) is 0 Å². The Bertz CT molecular complexity index is 1370. The predicted molar refractivity (Wildman–Crippen MR) is 125 cm³/mol. The number of hydrogen-bond acceptors (Lipinski definition) is 2. The molecule has 0 unspecified atom stereocenters. The van der Waals surface area contributed by atoms with Gasteiger partial charge in [0.15, 0.2) is 0 Å². The van der Waals surface area contributed by atoms with E-state index < -0.39 is 30.1 Å². The summed E-state index contributed by atoms with van der Waals surface area (Å²) in [5, 5.41) is -4.11. The third-order valence-electron chi connectivity index (χ3n) is 4.71. The molecule has 160 valence electrons. The molecule has 0 aliphatic heterocycles. The molecule has 0 saturated heterocycles. The van der Waals surface area contributed by atoms with E-state index in [0.717, 1.165) is 20.7 Å². The standard InChI is InChI=1S/C22H15F3INO2SSe/c1-14-7-10-17(11-8-14)30(28,29)27-19-12-9-16(15-5-3-2-4-6-15)13-18(19)20(21(27)26)31-22(23,24)25/h2-13H,1H3. The van der Waals surface area contributed by atoms with Gasteiger partial charge in [0, 0.05) is 0 Å². The number of hydrogen-bond donors (Lipinski definition) is 0. The van der Waals surface area contributed by atoms with Crippen LogP contribution in [0.5, 0.6) is 0 Å². The zero-order chi connectivity index (χ0) is 22.4. The van der Waals surface area contributed by atoms with Crippen molar-refractivity contribution < 1.29 is 21.6 Å². The van der Waals surface area contributed by atoms with Crippen LogP contribution in [-0.2, 0) is 10.0 Å². The van der Waals surface area contributed by atoms with Crippen LogP contribution in [0.15, 0.2) is 77.7 Å². The number of benzene rings is 3. The van der Waals surface area contributed by atoms with E-state index in [9.17, 15) is 21.6 Å². The third kappa shape index (κ3) is 4.41. The zero-order valence-corrected chi connectivity index (χ0v) is 20.7. The molecule has 0 aliphatic carbocycles. The quantitative estimate of drug-likeness (QED) is 0.230. The minimum atomic E-state index is -4.41. The van der Waals surface area contributed by atoms with Gasteiger partial charge in [0.25, 0.3) is 0 Å². The van der Waals surface area contributed by atoms with E-state index in [1.807, 2.05) is 37.3 Å². The first-order chi connectivity index (χ1) is 14.6. The van der Waals surface area contributed by atoms with Crippen LogP contribution < -0.4 is 4.46 Å². The molecule has 0 fully saturated rings. The van der Waals surface area contributed by atoms with Gasteiger partial charge in [0.2, 0.25) is 0 Å². The number of nitrogens with zero attached hydrogens (tertiary/aromatic N) is 1. The van der Waals surface area contributed by atoms with Crippen LogP contribution in [0.1, 0.15) is 5.56 Å². The summed E-state index contributed by atoms with van der Waals surface area (Å²) in [4.78, 5) is 0.0334.